The monoisotopic (exact) mass is 432 g/mol. The van der Waals surface area contributed by atoms with E-state index in [1.165, 1.54) is 19.2 Å². The van der Waals surface area contributed by atoms with Crippen LogP contribution in [0.2, 0.25) is 0 Å². The van der Waals surface area contributed by atoms with Gasteiger partial charge in [0.05, 0.1) is 7.11 Å². The number of rotatable bonds is 7. The van der Waals surface area contributed by atoms with E-state index >= 15 is 0 Å². The van der Waals surface area contributed by atoms with Crippen LogP contribution in [-0.2, 0) is 30.4 Å². The Balaban J connectivity index is 1.86. The standard InChI is InChI=1S/C25H24F4O2/c1-5-6-16-7-8-17(20(26)12-16)9-10-18-13-19-11-14(2)24(21(27)15(3)30-4)31-25(19)23(29)22(18)28/h7-8,12-13H,2-3,5-6,9-11H2,1,4H3/b24-21-. The van der Waals surface area contributed by atoms with E-state index in [0.29, 0.717) is 11.1 Å². The minimum absolute atomic E-state index is 0.0688. The number of aryl methyl sites for hydroxylation is 3. The molecule has 0 amide bonds. The van der Waals surface area contributed by atoms with Crippen molar-refractivity contribution in [2.24, 2.45) is 0 Å². The van der Waals surface area contributed by atoms with E-state index in [9.17, 15) is 17.6 Å². The summed E-state index contributed by atoms with van der Waals surface area (Å²) in [6.07, 6.45) is 2.07. The first-order valence-electron chi connectivity index (χ1n) is 10.0. The van der Waals surface area contributed by atoms with E-state index in [-0.39, 0.29) is 47.7 Å². The lowest BCUT2D eigenvalue weighted by Gasteiger charge is -2.24. The predicted octanol–water partition coefficient (Wildman–Crippen LogP) is 6.67. The number of ether oxygens (including phenoxy) is 2. The molecule has 0 fully saturated rings. The summed E-state index contributed by atoms with van der Waals surface area (Å²) in [7, 11) is 1.23. The van der Waals surface area contributed by atoms with Crippen molar-refractivity contribution >= 4 is 0 Å². The molecule has 0 atom stereocenters. The molecule has 0 aromatic heterocycles. The fourth-order valence-electron chi connectivity index (χ4n) is 3.55. The lowest BCUT2D eigenvalue weighted by Crippen LogP contribution is -2.15. The maximum atomic E-state index is 14.7. The minimum atomic E-state index is -1.22. The van der Waals surface area contributed by atoms with Crippen molar-refractivity contribution < 1.29 is 27.0 Å². The van der Waals surface area contributed by atoms with Gasteiger partial charge >= 0.3 is 0 Å². The quantitative estimate of drug-likeness (QED) is 0.359. The molecule has 2 aromatic carbocycles. The lowest BCUT2D eigenvalue weighted by molar-refractivity contribution is 0.272. The van der Waals surface area contributed by atoms with Crippen LogP contribution in [0, 0.1) is 17.5 Å². The third kappa shape index (κ3) is 4.68. The van der Waals surface area contributed by atoms with Gasteiger partial charge in [0.25, 0.3) is 0 Å². The SMILES string of the molecule is C=C(OC)/C(F)=C1/Oc2c(cc(CCc3ccc(CCC)cc3F)c(F)c2F)CC1=C. The van der Waals surface area contributed by atoms with Gasteiger partial charge in [-0.3, -0.25) is 0 Å². The summed E-state index contributed by atoms with van der Waals surface area (Å²) in [6, 6.07) is 6.47. The van der Waals surface area contributed by atoms with Gasteiger partial charge in [0.2, 0.25) is 11.6 Å². The Morgan fingerprint density at radius 1 is 1.06 bits per heavy atom. The highest BCUT2D eigenvalue weighted by atomic mass is 19.2. The Hall–Kier alpha value is -3.02. The third-order valence-corrected chi connectivity index (χ3v) is 5.25. The number of methoxy groups -OCH3 is 1. The molecule has 0 aliphatic carbocycles. The second-order valence-electron chi connectivity index (χ2n) is 7.48. The van der Waals surface area contributed by atoms with Crippen LogP contribution < -0.4 is 4.74 Å². The zero-order valence-corrected chi connectivity index (χ0v) is 17.6. The van der Waals surface area contributed by atoms with Crippen LogP contribution in [0.5, 0.6) is 5.75 Å². The van der Waals surface area contributed by atoms with Gasteiger partial charge in [-0.1, -0.05) is 38.6 Å². The van der Waals surface area contributed by atoms with Crippen LogP contribution in [0.1, 0.15) is 35.6 Å². The molecule has 164 valence electrons. The molecule has 3 rings (SSSR count). The van der Waals surface area contributed by atoms with E-state index in [4.69, 9.17) is 9.47 Å². The fourth-order valence-corrected chi connectivity index (χ4v) is 3.55. The first-order valence-corrected chi connectivity index (χ1v) is 10.0. The molecule has 31 heavy (non-hydrogen) atoms. The van der Waals surface area contributed by atoms with Crippen molar-refractivity contribution in [2.75, 3.05) is 7.11 Å². The van der Waals surface area contributed by atoms with Gasteiger partial charge in [-0.2, -0.15) is 8.78 Å². The zero-order valence-electron chi connectivity index (χ0n) is 17.6. The molecular formula is C25H24F4O2. The van der Waals surface area contributed by atoms with Gasteiger partial charge in [-0.25, -0.2) is 8.78 Å². The van der Waals surface area contributed by atoms with Crippen LogP contribution in [0.15, 0.2) is 60.3 Å². The van der Waals surface area contributed by atoms with Crippen LogP contribution in [0.4, 0.5) is 17.6 Å². The molecule has 6 heteroatoms. The van der Waals surface area contributed by atoms with Crippen molar-refractivity contribution in [3.63, 3.8) is 0 Å². The molecule has 0 unspecified atom stereocenters. The van der Waals surface area contributed by atoms with Gasteiger partial charge in [0.15, 0.2) is 23.1 Å². The van der Waals surface area contributed by atoms with Crippen molar-refractivity contribution in [1.82, 2.24) is 0 Å². The Bertz CT molecular complexity index is 1070. The highest BCUT2D eigenvalue weighted by Gasteiger charge is 2.29. The molecule has 0 N–H and O–H groups in total. The van der Waals surface area contributed by atoms with Gasteiger partial charge in [-0.15, -0.1) is 0 Å². The molecule has 1 aliphatic heterocycles. The molecular weight excluding hydrogens is 408 g/mol. The van der Waals surface area contributed by atoms with E-state index < -0.39 is 23.2 Å². The maximum absolute atomic E-state index is 14.7. The summed E-state index contributed by atoms with van der Waals surface area (Å²) in [5.74, 6) is -4.62. The maximum Gasteiger partial charge on any atom is 0.207 e. The number of halogens is 4. The van der Waals surface area contributed by atoms with Crippen molar-refractivity contribution in [3.8, 4) is 5.75 Å². The molecule has 0 bridgehead atoms. The highest BCUT2D eigenvalue weighted by molar-refractivity contribution is 5.51. The fraction of sp³-hybridized carbons (Fsp3) is 0.280. The number of hydrogen-bond donors (Lipinski definition) is 0. The molecule has 2 aromatic rings. The molecule has 0 saturated carbocycles. The number of fused-ring (bicyclic) bond motifs is 1. The van der Waals surface area contributed by atoms with Crippen LogP contribution in [-0.4, -0.2) is 7.11 Å². The molecule has 2 nitrogen and oxygen atoms in total. The smallest absolute Gasteiger partial charge is 0.207 e. The van der Waals surface area contributed by atoms with Crippen molar-refractivity contribution in [2.45, 2.75) is 39.0 Å². The average Bonchev–Trinajstić information content (AvgIpc) is 2.75. The van der Waals surface area contributed by atoms with Gasteiger partial charge in [-0.05, 0) is 53.7 Å². The number of hydrogen-bond acceptors (Lipinski definition) is 2. The third-order valence-electron chi connectivity index (χ3n) is 5.25. The summed E-state index contributed by atoms with van der Waals surface area (Å²) in [6.45, 7) is 9.16. The Morgan fingerprint density at radius 3 is 2.42 bits per heavy atom. The summed E-state index contributed by atoms with van der Waals surface area (Å²) in [4.78, 5) is 0. The lowest BCUT2D eigenvalue weighted by atomic mass is 9.94. The number of allylic oxidation sites excluding steroid dienone is 2. The Morgan fingerprint density at radius 2 is 1.77 bits per heavy atom. The summed E-state index contributed by atoms with van der Waals surface area (Å²) in [5, 5.41) is 0. The summed E-state index contributed by atoms with van der Waals surface area (Å²) < 4.78 is 68.2. The van der Waals surface area contributed by atoms with E-state index in [0.717, 1.165) is 18.4 Å². The van der Waals surface area contributed by atoms with E-state index in [1.54, 1.807) is 6.07 Å². The Kier molecular flexibility index (Phi) is 6.88. The second-order valence-corrected chi connectivity index (χ2v) is 7.48. The van der Waals surface area contributed by atoms with Gasteiger partial charge in [0.1, 0.15) is 5.82 Å². The van der Waals surface area contributed by atoms with Crippen molar-refractivity contribution in [3.05, 3.63) is 100 Å². The summed E-state index contributed by atoms with van der Waals surface area (Å²) in [5.41, 5.74) is 2.02. The first-order chi connectivity index (χ1) is 14.8. The van der Waals surface area contributed by atoms with E-state index in [2.05, 4.69) is 13.2 Å². The minimum Gasteiger partial charge on any atom is -0.494 e. The van der Waals surface area contributed by atoms with E-state index in [1.807, 2.05) is 13.0 Å². The van der Waals surface area contributed by atoms with Crippen molar-refractivity contribution in [1.29, 1.82) is 0 Å². The van der Waals surface area contributed by atoms with Crippen LogP contribution >= 0.6 is 0 Å². The topological polar surface area (TPSA) is 18.5 Å². The zero-order chi connectivity index (χ0) is 22.7. The average molecular weight is 432 g/mol. The van der Waals surface area contributed by atoms with Gasteiger partial charge in [0, 0.05) is 12.0 Å². The Labute approximate surface area is 179 Å². The first kappa shape index (κ1) is 22.7. The largest absolute Gasteiger partial charge is 0.494 e. The normalized spacial score (nSPS) is 14.7. The number of benzene rings is 2. The second kappa shape index (κ2) is 9.41. The van der Waals surface area contributed by atoms with Gasteiger partial charge < -0.3 is 9.47 Å². The van der Waals surface area contributed by atoms with Crippen LogP contribution in [0.25, 0.3) is 0 Å². The molecule has 0 radical (unpaired) electrons. The molecule has 1 aliphatic rings. The molecule has 0 spiro atoms. The molecule has 1 heterocycles. The van der Waals surface area contributed by atoms with Crippen LogP contribution in [0.3, 0.4) is 0 Å². The molecule has 0 saturated heterocycles. The highest BCUT2D eigenvalue weighted by Crippen LogP contribution is 2.39. The predicted molar refractivity (Wildman–Crippen MR) is 112 cm³/mol. The summed E-state index contributed by atoms with van der Waals surface area (Å²) >= 11 is 0.